The van der Waals surface area contributed by atoms with Crippen molar-refractivity contribution in [2.24, 2.45) is 0 Å². The van der Waals surface area contributed by atoms with E-state index in [1.165, 1.54) is 7.11 Å². The number of amides is 1. The molecule has 220 valence electrons. The van der Waals surface area contributed by atoms with Gasteiger partial charge in [-0.3, -0.25) is 14.4 Å². The Bertz CT molecular complexity index is 1280. The van der Waals surface area contributed by atoms with E-state index in [1.54, 1.807) is 0 Å². The first-order chi connectivity index (χ1) is 19.7. The number of allylic oxidation sites excluding steroid dienone is 2. The lowest BCUT2D eigenvalue weighted by Gasteiger charge is -2.19. The molecule has 0 saturated carbocycles. The summed E-state index contributed by atoms with van der Waals surface area (Å²) in [6.45, 7) is 4.25. The molecule has 9 heteroatoms. The molecule has 1 heterocycles. The van der Waals surface area contributed by atoms with Gasteiger partial charge in [-0.25, -0.2) is 4.79 Å². The SMILES string of the molecule is COc1c(C)c2c(c(OC(=O)CCCCCCC(=O)NCc3ccccc3)c1C/C=C(\C)CCC(=O)O)C(=O)OC2. The normalized spacial score (nSPS) is 12.5. The second-order valence-electron chi connectivity index (χ2n) is 10.2. The van der Waals surface area contributed by atoms with Crippen LogP contribution < -0.4 is 14.8 Å². The number of ether oxygens (including phenoxy) is 3. The van der Waals surface area contributed by atoms with Crippen LogP contribution in [0.4, 0.5) is 0 Å². The lowest BCUT2D eigenvalue weighted by Crippen LogP contribution is -2.22. The molecule has 0 aromatic heterocycles. The predicted molar refractivity (Wildman–Crippen MR) is 153 cm³/mol. The molecule has 1 aliphatic heterocycles. The number of hydrogen-bond acceptors (Lipinski definition) is 7. The molecule has 1 aliphatic rings. The number of nitrogens with one attached hydrogen (secondary N) is 1. The van der Waals surface area contributed by atoms with Crippen LogP contribution in [0.3, 0.4) is 0 Å². The number of aliphatic carboxylic acids is 1. The average Bonchev–Trinajstić information content (AvgIpc) is 3.35. The number of esters is 2. The quantitative estimate of drug-likeness (QED) is 0.117. The van der Waals surface area contributed by atoms with E-state index in [-0.39, 0.29) is 36.7 Å². The van der Waals surface area contributed by atoms with E-state index in [0.717, 1.165) is 36.0 Å². The first-order valence-electron chi connectivity index (χ1n) is 14.0. The zero-order chi connectivity index (χ0) is 29.8. The van der Waals surface area contributed by atoms with Crippen LogP contribution in [0.1, 0.15) is 90.9 Å². The molecular formula is C32H39NO8. The second kappa shape index (κ2) is 15.6. The van der Waals surface area contributed by atoms with E-state index in [1.807, 2.05) is 50.3 Å². The van der Waals surface area contributed by atoms with Crippen molar-refractivity contribution in [3.63, 3.8) is 0 Å². The summed E-state index contributed by atoms with van der Waals surface area (Å²) in [6, 6.07) is 9.73. The van der Waals surface area contributed by atoms with Crippen LogP contribution in [0.15, 0.2) is 42.0 Å². The lowest BCUT2D eigenvalue weighted by atomic mass is 9.94. The number of hydrogen-bond donors (Lipinski definition) is 2. The number of rotatable bonds is 16. The fraction of sp³-hybridized carbons (Fsp3) is 0.438. The molecule has 2 N–H and O–H groups in total. The highest BCUT2D eigenvalue weighted by molar-refractivity contribution is 5.99. The van der Waals surface area contributed by atoms with Gasteiger partial charge in [-0.1, -0.05) is 54.8 Å². The highest BCUT2D eigenvalue weighted by Gasteiger charge is 2.34. The Morgan fingerprint density at radius 1 is 1.00 bits per heavy atom. The number of unbranched alkanes of at least 4 members (excludes halogenated alkanes) is 3. The summed E-state index contributed by atoms with van der Waals surface area (Å²) in [5, 5.41) is 11.9. The van der Waals surface area contributed by atoms with Crippen molar-refractivity contribution in [2.75, 3.05) is 7.11 Å². The van der Waals surface area contributed by atoms with Crippen molar-refractivity contribution in [3.05, 3.63) is 69.8 Å². The first kappa shape index (κ1) is 31.4. The summed E-state index contributed by atoms with van der Waals surface area (Å²) in [5.74, 6) is -1.24. The largest absolute Gasteiger partial charge is 0.496 e. The summed E-state index contributed by atoms with van der Waals surface area (Å²) in [7, 11) is 1.52. The van der Waals surface area contributed by atoms with E-state index in [9.17, 15) is 19.2 Å². The summed E-state index contributed by atoms with van der Waals surface area (Å²) >= 11 is 0. The molecule has 41 heavy (non-hydrogen) atoms. The molecule has 0 radical (unpaired) electrons. The minimum atomic E-state index is -0.882. The number of methoxy groups -OCH3 is 1. The average molecular weight is 566 g/mol. The molecule has 3 rings (SSSR count). The fourth-order valence-corrected chi connectivity index (χ4v) is 4.76. The van der Waals surface area contributed by atoms with Gasteiger partial charge in [0.05, 0.1) is 7.11 Å². The molecule has 0 spiro atoms. The topological polar surface area (TPSA) is 128 Å². The highest BCUT2D eigenvalue weighted by atomic mass is 16.6. The Kier molecular flexibility index (Phi) is 11.9. The number of benzene rings is 2. The summed E-state index contributed by atoms with van der Waals surface area (Å²) in [4.78, 5) is 48.5. The lowest BCUT2D eigenvalue weighted by molar-refractivity contribution is -0.137. The number of carbonyl (C=O) groups excluding carboxylic acids is 3. The maximum Gasteiger partial charge on any atom is 0.342 e. The number of fused-ring (bicyclic) bond motifs is 1. The number of cyclic esters (lactones) is 1. The zero-order valence-corrected chi connectivity index (χ0v) is 24.0. The summed E-state index contributed by atoms with van der Waals surface area (Å²) in [5.41, 5.74) is 4.08. The third-order valence-corrected chi connectivity index (χ3v) is 7.10. The first-order valence-corrected chi connectivity index (χ1v) is 14.0. The van der Waals surface area contributed by atoms with Gasteiger partial charge in [-0.15, -0.1) is 0 Å². The molecule has 9 nitrogen and oxygen atoms in total. The molecule has 2 aromatic rings. The van der Waals surface area contributed by atoms with E-state index in [2.05, 4.69) is 5.32 Å². The smallest absolute Gasteiger partial charge is 0.342 e. The highest BCUT2D eigenvalue weighted by Crippen LogP contribution is 2.43. The summed E-state index contributed by atoms with van der Waals surface area (Å²) < 4.78 is 16.7. The van der Waals surface area contributed by atoms with Crippen LogP contribution in [-0.4, -0.2) is 36.0 Å². The maximum atomic E-state index is 12.9. The summed E-state index contributed by atoms with van der Waals surface area (Å²) in [6.07, 6.45) is 6.01. The molecule has 2 aromatic carbocycles. The molecule has 0 atom stereocenters. The predicted octanol–water partition coefficient (Wildman–Crippen LogP) is 5.59. The van der Waals surface area contributed by atoms with E-state index < -0.39 is 17.9 Å². The Morgan fingerprint density at radius 3 is 2.39 bits per heavy atom. The number of carboxylic acid groups (broad SMARTS) is 1. The van der Waals surface area contributed by atoms with Crippen LogP contribution in [-0.2, 0) is 38.7 Å². The molecular weight excluding hydrogens is 526 g/mol. The van der Waals surface area contributed by atoms with E-state index in [4.69, 9.17) is 19.3 Å². The Balaban J connectivity index is 1.57. The van der Waals surface area contributed by atoms with Gasteiger partial charge in [0.1, 0.15) is 17.9 Å². The van der Waals surface area contributed by atoms with Gasteiger partial charge in [0.2, 0.25) is 5.91 Å². The molecule has 1 amide bonds. The maximum absolute atomic E-state index is 12.9. The van der Waals surface area contributed by atoms with Crippen molar-refractivity contribution < 1.29 is 38.5 Å². The minimum absolute atomic E-state index is 0.00194. The van der Waals surface area contributed by atoms with Crippen molar-refractivity contribution in [1.82, 2.24) is 5.32 Å². The van der Waals surface area contributed by atoms with Crippen LogP contribution in [0.2, 0.25) is 0 Å². The van der Waals surface area contributed by atoms with E-state index in [0.29, 0.717) is 49.1 Å². The van der Waals surface area contributed by atoms with Crippen molar-refractivity contribution in [3.8, 4) is 11.5 Å². The van der Waals surface area contributed by atoms with Gasteiger partial charge >= 0.3 is 17.9 Å². The van der Waals surface area contributed by atoms with Crippen molar-refractivity contribution >= 4 is 23.8 Å². The number of carbonyl (C=O) groups is 4. The van der Waals surface area contributed by atoms with Gasteiger partial charge in [0, 0.05) is 36.9 Å². The molecule has 0 saturated heterocycles. The second-order valence-corrected chi connectivity index (χ2v) is 10.2. The van der Waals surface area contributed by atoms with Crippen LogP contribution in [0, 0.1) is 6.92 Å². The molecule has 0 bridgehead atoms. The fourth-order valence-electron chi connectivity index (χ4n) is 4.76. The van der Waals surface area contributed by atoms with Gasteiger partial charge < -0.3 is 24.6 Å². The Labute approximate surface area is 240 Å². The standard InChI is InChI=1S/C32H39NO8/c1-21(16-18-27(35)36)15-17-24-30(39-3)22(2)25-20-40-32(38)29(25)31(24)41-28(37)14-10-5-4-9-13-26(34)33-19-23-11-7-6-8-12-23/h6-8,11-12,15H,4-5,9-10,13-14,16-20H2,1-3H3,(H,33,34)(H,35,36)/b21-15+. The Hall–Kier alpha value is -4.14. The monoisotopic (exact) mass is 565 g/mol. The molecule has 0 fully saturated rings. The van der Waals surface area contributed by atoms with Gasteiger partial charge in [-0.05, 0) is 50.7 Å². The van der Waals surface area contributed by atoms with Crippen molar-refractivity contribution in [1.29, 1.82) is 0 Å². The van der Waals surface area contributed by atoms with Crippen LogP contribution in [0.5, 0.6) is 11.5 Å². The van der Waals surface area contributed by atoms with Crippen LogP contribution >= 0.6 is 0 Å². The van der Waals surface area contributed by atoms with E-state index >= 15 is 0 Å². The van der Waals surface area contributed by atoms with Crippen LogP contribution in [0.25, 0.3) is 0 Å². The zero-order valence-electron chi connectivity index (χ0n) is 24.0. The van der Waals surface area contributed by atoms with Gasteiger partial charge in [-0.2, -0.15) is 0 Å². The minimum Gasteiger partial charge on any atom is -0.496 e. The number of carboxylic acids is 1. The molecule has 0 aliphatic carbocycles. The molecule has 0 unspecified atom stereocenters. The third kappa shape index (κ3) is 9.20. The van der Waals surface area contributed by atoms with Gasteiger partial charge in [0.15, 0.2) is 5.75 Å². The van der Waals surface area contributed by atoms with Crippen molar-refractivity contribution in [2.45, 2.75) is 84.8 Å². The Morgan fingerprint density at radius 2 is 1.71 bits per heavy atom. The third-order valence-electron chi connectivity index (χ3n) is 7.10. The van der Waals surface area contributed by atoms with Gasteiger partial charge in [0.25, 0.3) is 0 Å².